The van der Waals surface area contributed by atoms with E-state index >= 15 is 0 Å². The molecule has 0 radical (unpaired) electrons. The van der Waals surface area contributed by atoms with E-state index in [0.29, 0.717) is 16.2 Å². The van der Waals surface area contributed by atoms with Crippen LogP contribution >= 0.6 is 27.5 Å². The minimum Gasteiger partial charge on any atom is -0.361 e. The Kier molecular flexibility index (Phi) is 5.08. The van der Waals surface area contributed by atoms with E-state index in [1.54, 1.807) is 6.08 Å². The van der Waals surface area contributed by atoms with Crippen LogP contribution in [0.3, 0.4) is 0 Å². The van der Waals surface area contributed by atoms with Crippen LogP contribution in [0.1, 0.15) is 19.4 Å². The van der Waals surface area contributed by atoms with E-state index in [-0.39, 0.29) is 0 Å². The Morgan fingerprint density at radius 1 is 1.23 bits per heavy atom. The molecule has 22 heavy (non-hydrogen) atoms. The quantitative estimate of drug-likeness (QED) is 0.805. The van der Waals surface area contributed by atoms with Crippen LogP contribution in [0.5, 0.6) is 0 Å². The van der Waals surface area contributed by atoms with Crippen LogP contribution in [0.2, 0.25) is 0 Å². The first-order valence-electron chi connectivity index (χ1n) is 6.60. The minimum absolute atomic E-state index is 0.428. The van der Waals surface area contributed by atoms with E-state index in [1.807, 2.05) is 38.1 Å². The van der Waals surface area contributed by atoms with E-state index in [1.165, 1.54) is 0 Å². The standard InChI is InChI=1S/C17H13BrClN3/c1-10-15(8-20)14(16(9-21)11(2)22-10)7-17(19)12-4-3-5-13(18)6-12/h3-7,14,22H,1-2H3/b17-7-. The number of benzene rings is 1. The predicted molar refractivity (Wildman–Crippen MR) is 91.2 cm³/mol. The summed E-state index contributed by atoms with van der Waals surface area (Å²) < 4.78 is 0.918. The Balaban J connectivity index is 2.52. The molecule has 1 heterocycles. The largest absolute Gasteiger partial charge is 0.361 e. The van der Waals surface area contributed by atoms with E-state index < -0.39 is 5.92 Å². The smallest absolute Gasteiger partial charge is 0.0975 e. The summed E-state index contributed by atoms with van der Waals surface area (Å²) >= 11 is 9.81. The zero-order chi connectivity index (χ0) is 16.3. The summed E-state index contributed by atoms with van der Waals surface area (Å²) in [5.41, 5.74) is 3.35. The third kappa shape index (κ3) is 3.25. The van der Waals surface area contributed by atoms with Crippen LogP contribution in [0, 0.1) is 28.6 Å². The highest BCUT2D eigenvalue weighted by Crippen LogP contribution is 2.33. The molecule has 1 aliphatic rings. The van der Waals surface area contributed by atoms with Crippen LogP contribution in [-0.4, -0.2) is 0 Å². The van der Waals surface area contributed by atoms with Gasteiger partial charge < -0.3 is 5.32 Å². The number of nitriles is 2. The number of hydrogen-bond donors (Lipinski definition) is 1. The van der Waals surface area contributed by atoms with Crippen molar-refractivity contribution in [3.63, 3.8) is 0 Å². The molecule has 0 saturated heterocycles. The SMILES string of the molecule is CC1=C(C#N)C(/C=C(\Cl)c2cccc(Br)c2)C(C#N)=C(C)N1. The van der Waals surface area contributed by atoms with E-state index in [2.05, 4.69) is 33.4 Å². The number of allylic oxidation sites excluding steroid dienone is 5. The lowest BCUT2D eigenvalue weighted by atomic mass is 9.86. The molecule has 0 aromatic heterocycles. The maximum absolute atomic E-state index is 9.40. The fraction of sp³-hybridized carbons (Fsp3) is 0.176. The van der Waals surface area contributed by atoms with Gasteiger partial charge in [0.1, 0.15) is 0 Å². The third-order valence-electron chi connectivity index (χ3n) is 3.46. The summed E-state index contributed by atoms with van der Waals surface area (Å²) in [6, 6.07) is 11.9. The maximum Gasteiger partial charge on any atom is 0.0975 e. The van der Waals surface area contributed by atoms with Gasteiger partial charge in [-0.05, 0) is 31.5 Å². The number of hydrogen-bond acceptors (Lipinski definition) is 3. The van der Waals surface area contributed by atoms with Gasteiger partial charge in [-0.3, -0.25) is 0 Å². The number of rotatable bonds is 2. The van der Waals surface area contributed by atoms with Crippen molar-refractivity contribution in [2.45, 2.75) is 13.8 Å². The topological polar surface area (TPSA) is 59.6 Å². The molecule has 0 spiro atoms. The summed E-state index contributed by atoms with van der Waals surface area (Å²) in [7, 11) is 0. The molecule has 5 heteroatoms. The highest BCUT2D eigenvalue weighted by molar-refractivity contribution is 9.10. The number of nitrogens with one attached hydrogen (secondary N) is 1. The Morgan fingerprint density at radius 2 is 1.82 bits per heavy atom. The van der Waals surface area contributed by atoms with Crippen molar-refractivity contribution in [1.29, 1.82) is 10.5 Å². The van der Waals surface area contributed by atoms with E-state index in [0.717, 1.165) is 21.4 Å². The fourth-order valence-electron chi connectivity index (χ4n) is 2.38. The van der Waals surface area contributed by atoms with Crippen molar-refractivity contribution in [2.75, 3.05) is 0 Å². The van der Waals surface area contributed by atoms with Crippen LogP contribution in [0.4, 0.5) is 0 Å². The van der Waals surface area contributed by atoms with Gasteiger partial charge in [-0.15, -0.1) is 0 Å². The highest BCUT2D eigenvalue weighted by Gasteiger charge is 2.26. The molecule has 1 aromatic rings. The van der Waals surface area contributed by atoms with Crippen molar-refractivity contribution < 1.29 is 0 Å². The second kappa shape index (κ2) is 6.83. The van der Waals surface area contributed by atoms with Crippen molar-refractivity contribution >= 4 is 32.6 Å². The lowest BCUT2D eigenvalue weighted by Gasteiger charge is -2.24. The lowest BCUT2D eigenvalue weighted by molar-refractivity contribution is 0.799. The molecular weight excluding hydrogens is 362 g/mol. The molecule has 0 unspecified atom stereocenters. The molecule has 0 amide bonds. The molecule has 3 nitrogen and oxygen atoms in total. The average molecular weight is 375 g/mol. The fourth-order valence-corrected chi connectivity index (χ4v) is 3.02. The van der Waals surface area contributed by atoms with Gasteiger partial charge in [0.25, 0.3) is 0 Å². The van der Waals surface area contributed by atoms with E-state index in [9.17, 15) is 10.5 Å². The summed E-state index contributed by atoms with van der Waals surface area (Å²) in [5.74, 6) is -0.428. The van der Waals surface area contributed by atoms with E-state index in [4.69, 9.17) is 11.6 Å². The number of halogens is 2. The van der Waals surface area contributed by atoms with Gasteiger partial charge in [0.2, 0.25) is 0 Å². The number of dihydropyridines is 1. The Bertz CT molecular complexity index is 755. The Labute approximate surface area is 143 Å². The second-order valence-corrected chi connectivity index (χ2v) is 6.25. The minimum atomic E-state index is -0.428. The first kappa shape index (κ1) is 16.4. The molecular formula is C17H13BrClN3. The van der Waals surface area contributed by atoms with Crippen LogP contribution in [-0.2, 0) is 0 Å². The number of nitrogens with zero attached hydrogens (tertiary/aromatic N) is 2. The Hall–Kier alpha value is -2.01. The average Bonchev–Trinajstić information content (AvgIpc) is 2.47. The van der Waals surface area contributed by atoms with Gasteiger partial charge in [0.15, 0.2) is 0 Å². The Morgan fingerprint density at radius 3 is 2.32 bits per heavy atom. The molecule has 1 aromatic carbocycles. The summed E-state index contributed by atoms with van der Waals surface area (Å²) in [6.45, 7) is 3.65. The summed E-state index contributed by atoms with van der Waals surface area (Å²) in [4.78, 5) is 0. The van der Waals surface area contributed by atoms with Crippen LogP contribution < -0.4 is 5.32 Å². The predicted octanol–water partition coefficient (Wildman–Crippen LogP) is 4.84. The zero-order valence-electron chi connectivity index (χ0n) is 12.1. The van der Waals surface area contributed by atoms with Crippen molar-refractivity contribution in [2.24, 2.45) is 5.92 Å². The van der Waals surface area contributed by atoms with Gasteiger partial charge in [-0.2, -0.15) is 10.5 Å². The van der Waals surface area contributed by atoms with Gasteiger partial charge in [0.05, 0.1) is 29.2 Å². The lowest BCUT2D eigenvalue weighted by Crippen LogP contribution is -2.23. The zero-order valence-corrected chi connectivity index (χ0v) is 14.5. The molecule has 2 rings (SSSR count). The van der Waals surface area contributed by atoms with Crippen molar-refractivity contribution in [1.82, 2.24) is 5.32 Å². The molecule has 0 atom stereocenters. The molecule has 1 aliphatic heterocycles. The van der Waals surface area contributed by atoms with Gasteiger partial charge in [-0.25, -0.2) is 0 Å². The summed E-state index contributed by atoms with van der Waals surface area (Å²) in [5, 5.41) is 22.4. The normalized spacial score (nSPS) is 16.2. The van der Waals surface area contributed by atoms with Crippen LogP contribution in [0.15, 0.2) is 57.4 Å². The van der Waals surface area contributed by atoms with Gasteiger partial charge >= 0.3 is 0 Å². The molecule has 110 valence electrons. The first-order chi connectivity index (χ1) is 10.5. The third-order valence-corrected chi connectivity index (χ3v) is 4.30. The van der Waals surface area contributed by atoms with Gasteiger partial charge in [-0.1, -0.05) is 45.7 Å². The molecule has 1 N–H and O–H groups in total. The monoisotopic (exact) mass is 373 g/mol. The van der Waals surface area contributed by atoms with Crippen molar-refractivity contribution in [3.8, 4) is 12.1 Å². The molecule has 0 saturated carbocycles. The summed E-state index contributed by atoms with van der Waals surface area (Å²) in [6.07, 6.45) is 1.76. The maximum atomic E-state index is 9.40. The van der Waals surface area contributed by atoms with Crippen molar-refractivity contribution in [3.05, 3.63) is 62.9 Å². The van der Waals surface area contributed by atoms with Crippen LogP contribution in [0.25, 0.3) is 5.03 Å². The second-order valence-electron chi connectivity index (χ2n) is 4.93. The molecule has 0 aliphatic carbocycles. The first-order valence-corrected chi connectivity index (χ1v) is 7.77. The molecule has 0 fully saturated rings. The highest BCUT2D eigenvalue weighted by atomic mass is 79.9. The molecule has 0 bridgehead atoms. The van der Waals surface area contributed by atoms with Gasteiger partial charge in [0, 0.05) is 20.9 Å².